The molecule has 2 amide bonds. The van der Waals surface area contributed by atoms with E-state index >= 15 is 0 Å². The standard InChI is InChI=1S/C11H20N2O3S2/c1-8(17-2)6-12-11(16)13-3-4-18-7-9(13)5-10(14)15/h8-9H,3-7H2,1-2H3,(H,12,16)(H,14,15). The lowest BCUT2D eigenvalue weighted by molar-refractivity contribution is -0.137. The highest BCUT2D eigenvalue weighted by molar-refractivity contribution is 7.99. The van der Waals surface area contributed by atoms with Gasteiger partial charge in [0.25, 0.3) is 0 Å². The van der Waals surface area contributed by atoms with Gasteiger partial charge in [-0.2, -0.15) is 23.5 Å². The number of aliphatic carboxylic acids is 1. The number of amides is 2. The molecule has 7 heteroatoms. The van der Waals surface area contributed by atoms with Crippen molar-refractivity contribution in [1.29, 1.82) is 0 Å². The van der Waals surface area contributed by atoms with Crippen LogP contribution in [-0.2, 0) is 4.79 Å². The molecule has 0 aromatic heterocycles. The van der Waals surface area contributed by atoms with E-state index < -0.39 is 5.97 Å². The first-order valence-corrected chi connectivity index (χ1v) is 8.35. The van der Waals surface area contributed by atoms with Crippen molar-refractivity contribution in [3.63, 3.8) is 0 Å². The molecule has 2 atom stereocenters. The second-order valence-corrected chi connectivity index (χ2v) is 6.68. The van der Waals surface area contributed by atoms with Crippen molar-refractivity contribution >= 4 is 35.5 Å². The second-order valence-electron chi connectivity index (χ2n) is 4.25. The molecule has 2 unspecified atom stereocenters. The lowest BCUT2D eigenvalue weighted by Crippen LogP contribution is -2.52. The van der Waals surface area contributed by atoms with Gasteiger partial charge in [-0.15, -0.1) is 0 Å². The molecule has 1 fully saturated rings. The van der Waals surface area contributed by atoms with E-state index in [0.29, 0.717) is 24.1 Å². The highest BCUT2D eigenvalue weighted by Crippen LogP contribution is 2.19. The summed E-state index contributed by atoms with van der Waals surface area (Å²) < 4.78 is 0. The summed E-state index contributed by atoms with van der Waals surface area (Å²) in [6.45, 7) is 3.29. The number of carboxylic acid groups (broad SMARTS) is 1. The Morgan fingerprint density at radius 3 is 2.94 bits per heavy atom. The SMILES string of the molecule is CSC(C)CNC(=O)N1CCSCC1CC(=O)O. The van der Waals surface area contributed by atoms with Gasteiger partial charge in [-0.25, -0.2) is 4.79 Å². The Morgan fingerprint density at radius 1 is 1.61 bits per heavy atom. The normalized spacial score (nSPS) is 21.4. The first kappa shape index (κ1) is 15.5. The molecule has 5 nitrogen and oxygen atoms in total. The summed E-state index contributed by atoms with van der Waals surface area (Å²) in [4.78, 5) is 24.5. The summed E-state index contributed by atoms with van der Waals surface area (Å²) in [5, 5.41) is 12.1. The molecule has 1 saturated heterocycles. The summed E-state index contributed by atoms with van der Waals surface area (Å²) in [5.41, 5.74) is 0. The highest BCUT2D eigenvalue weighted by atomic mass is 32.2. The molecule has 0 aromatic rings. The van der Waals surface area contributed by atoms with E-state index in [4.69, 9.17) is 5.11 Å². The third-order valence-electron chi connectivity index (χ3n) is 2.84. The molecule has 0 radical (unpaired) electrons. The lowest BCUT2D eigenvalue weighted by Gasteiger charge is -2.34. The van der Waals surface area contributed by atoms with Crippen molar-refractivity contribution < 1.29 is 14.7 Å². The van der Waals surface area contributed by atoms with E-state index in [-0.39, 0.29) is 18.5 Å². The Hall–Kier alpha value is -0.560. The molecule has 0 aromatic carbocycles. The number of nitrogens with zero attached hydrogens (tertiary/aromatic N) is 1. The molecule has 0 bridgehead atoms. The van der Waals surface area contributed by atoms with Crippen LogP contribution < -0.4 is 5.32 Å². The van der Waals surface area contributed by atoms with Gasteiger partial charge in [0, 0.05) is 29.8 Å². The number of thioether (sulfide) groups is 2. The van der Waals surface area contributed by atoms with Gasteiger partial charge in [-0.05, 0) is 6.26 Å². The van der Waals surface area contributed by atoms with Crippen molar-refractivity contribution in [2.24, 2.45) is 0 Å². The zero-order valence-corrected chi connectivity index (χ0v) is 12.4. The number of carboxylic acids is 1. The van der Waals surface area contributed by atoms with Crippen LogP contribution in [0.3, 0.4) is 0 Å². The molecule has 2 N–H and O–H groups in total. The summed E-state index contributed by atoms with van der Waals surface area (Å²) in [5.74, 6) is 0.733. The minimum atomic E-state index is -0.849. The average Bonchev–Trinajstić information content (AvgIpc) is 2.35. The Bertz CT molecular complexity index is 302. The van der Waals surface area contributed by atoms with Gasteiger partial charge in [0.2, 0.25) is 0 Å². The second kappa shape index (κ2) is 7.78. The van der Waals surface area contributed by atoms with Crippen molar-refractivity contribution in [2.75, 3.05) is 30.9 Å². The number of hydrogen-bond donors (Lipinski definition) is 2. The fourth-order valence-corrected chi connectivity index (χ4v) is 3.02. The van der Waals surface area contributed by atoms with Gasteiger partial charge in [0.05, 0.1) is 12.5 Å². The molecular formula is C11H20N2O3S2. The van der Waals surface area contributed by atoms with Crippen LogP contribution in [0.2, 0.25) is 0 Å². The predicted molar refractivity (Wildman–Crippen MR) is 76.4 cm³/mol. The van der Waals surface area contributed by atoms with Crippen molar-refractivity contribution in [3.05, 3.63) is 0 Å². The lowest BCUT2D eigenvalue weighted by atomic mass is 10.2. The maximum absolute atomic E-state index is 12.0. The Morgan fingerprint density at radius 2 is 2.33 bits per heavy atom. The first-order valence-electron chi connectivity index (χ1n) is 5.91. The van der Waals surface area contributed by atoms with Crippen LogP contribution in [-0.4, -0.2) is 64.1 Å². The van der Waals surface area contributed by atoms with Gasteiger partial charge >= 0.3 is 12.0 Å². The Labute approximate surface area is 116 Å². The molecule has 1 rings (SSSR count). The van der Waals surface area contributed by atoms with Crippen LogP contribution >= 0.6 is 23.5 Å². The predicted octanol–water partition coefficient (Wildman–Crippen LogP) is 1.34. The summed E-state index contributed by atoms with van der Waals surface area (Å²) in [7, 11) is 0. The highest BCUT2D eigenvalue weighted by Gasteiger charge is 2.28. The third kappa shape index (κ3) is 4.97. The molecule has 0 saturated carbocycles. The summed E-state index contributed by atoms with van der Waals surface area (Å²) in [6.07, 6.45) is 2.03. The molecule has 0 spiro atoms. The zero-order chi connectivity index (χ0) is 13.5. The Balaban J connectivity index is 2.49. The van der Waals surface area contributed by atoms with E-state index in [1.807, 2.05) is 13.2 Å². The third-order valence-corrected chi connectivity index (χ3v) is 4.90. The van der Waals surface area contributed by atoms with Crippen LogP contribution in [0.25, 0.3) is 0 Å². The molecule has 0 aliphatic carbocycles. The maximum Gasteiger partial charge on any atom is 0.317 e. The van der Waals surface area contributed by atoms with E-state index in [2.05, 4.69) is 5.32 Å². The number of hydrogen-bond acceptors (Lipinski definition) is 4. The number of urea groups is 1. The molecule has 104 valence electrons. The van der Waals surface area contributed by atoms with Crippen molar-refractivity contribution in [3.8, 4) is 0 Å². The first-order chi connectivity index (χ1) is 8.54. The number of carbonyl (C=O) groups excluding carboxylic acids is 1. The number of rotatable bonds is 5. The quantitative estimate of drug-likeness (QED) is 0.800. The van der Waals surface area contributed by atoms with E-state index in [0.717, 1.165) is 5.75 Å². The summed E-state index contributed by atoms with van der Waals surface area (Å²) in [6, 6.07) is -0.326. The van der Waals surface area contributed by atoms with Crippen LogP contribution in [0, 0.1) is 0 Å². The van der Waals surface area contributed by atoms with Crippen LogP contribution in [0.4, 0.5) is 4.79 Å². The van der Waals surface area contributed by atoms with E-state index in [1.54, 1.807) is 28.4 Å². The zero-order valence-electron chi connectivity index (χ0n) is 10.7. The Kier molecular flexibility index (Phi) is 6.70. The van der Waals surface area contributed by atoms with Gasteiger partial charge in [0.15, 0.2) is 0 Å². The smallest absolute Gasteiger partial charge is 0.317 e. The fourth-order valence-electron chi connectivity index (χ4n) is 1.71. The van der Waals surface area contributed by atoms with E-state index in [9.17, 15) is 9.59 Å². The largest absolute Gasteiger partial charge is 0.481 e. The number of nitrogens with one attached hydrogen (secondary N) is 1. The van der Waals surface area contributed by atoms with Crippen molar-refractivity contribution in [1.82, 2.24) is 10.2 Å². The molecule has 1 aliphatic rings. The molecular weight excluding hydrogens is 272 g/mol. The minimum absolute atomic E-state index is 0.0263. The van der Waals surface area contributed by atoms with Crippen LogP contribution in [0.5, 0.6) is 0 Å². The molecule has 1 heterocycles. The maximum atomic E-state index is 12.0. The monoisotopic (exact) mass is 292 g/mol. The van der Waals surface area contributed by atoms with E-state index in [1.165, 1.54) is 0 Å². The van der Waals surface area contributed by atoms with Crippen LogP contribution in [0.15, 0.2) is 0 Å². The van der Waals surface area contributed by atoms with Gasteiger partial charge in [-0.3, -0.25) is 4.79 Å². The molecule has 18 heavy (non-hydrogen) atoms. The minimum Gasteiger partial charge on any atom is -0.481 e. The average molecular weight is 292 g/mol. The van der Waals surface area contributed by atoms with Crippen molar-refractivity contribution in [2.45, 2.75) is 24.6 Å². The fraction of sp³-hybridized carbons (Fsp3) is 0.818. The molecule has 1 aliphatic heterocycles. The topological polar surface area (TPSA) is 69.6 Å². The summed E-state index contributed by atoms with van der Waals surface area (Å²) >= 11 is 3.40. The van der Waals surface area contributed by atoms with Gasteiger partial charge < -0.3 is 15.3 Å². The van der Waals surface area contributed by atoms with Gasteiger partial charge in [0.1, 0.15) is 0 Å². The van der Waals surface area contributed by atoms with Gasteiger partial charge in [-0.1, -0.05) is 6.92 Å². The van der Waals surface area contributed by atoms with Crippen LogP contribution in [0.1, 0.15) is 13.3 Å². The number of carbonyl (C=O) groups is 2.